The number of rotatable bonds is 6. The molecule has 1 saturated heterocycles. The number of amides is 2. The lowest BCUT2D eigenvalue weighted by Crippen LogP contribution is -2.50. The van der Waals surface area contributed by atoms with Crippen LogP contribution in [0.2, 0.25) is 0 Å². The van der Waals surface area contributed by atoms with Crippen molar-refractivity contribution in [3.8, 4) is 5.69 Å². The molecule has 0 aliphatic carbocycles. The maximum Gasteiger partial charge on any atom is 0.266 e. The fraction of sp³-hybridized carbons (Fsp3) is 0.304. The smallest absolute Gasteiger partial charge is 0.266 e. The highest BCUT2D eigenvalue weighted by atomic mass is 32.2. The molecule has 10 heteroatoms. The van der Waals surface area contributed by atoms with Gasteiger partial charge in [-0.05, 0) is 36.4 Å². The Morgan fingerprint density at radius 3 is 2.36 bits per heavy atom. The van der Waals surface area contributed by atoms with Crippen molar-refractivity contribution in [2.45, 2.75) is 12.1 Å². The molecule has 1 aliphatic rings. The summed E-state index contributed by atoms with van der Waals surface area (Å²) in [5.41, 5.74) is 0.901. The van der Waals surface area contributed by atoms with E-state index in [2.05, 4.69) is 4.98 Å². The second-order valence-electron chi connectivity index (χ2n) is 7.53. The molecule has 0 bridgehead atoms. The number of carbonyl (C=O) groups excluding carboxylic acids is 2. The van der Waals surface area contributed by atoms with Gasteiger partial charge in [0, 0.05) is 38.2 Å². The third kappa shape index (κ3) is 5.39. The monoisotopic (exact) mass is 486 g/mol. The van der Waals surface area contributed by atoms with Crippen LogP contribution in [0.5, 0.6) is 0 Å². The van der Waals surface area contributed by atoms with Gasteiger partial charge >= 0.3 is 0 Å². The molecule has 0 N–H and O–H groups in total. The zero-order chi connectivity index (χ0) is 23.4. The number of thioether (sulfide) groups is 2. The minimum absolute atomic E-state index is 0.0305. The first-order valence-electron chi connectivity index (χ1n) is 10.5. The Bertz CT molecular complexity index is 1220. The first-order valence-corrected chi connectivity index (χ1v) is 12.6. The number of piperazine rings is 1. The first kappa shape index (κ1) is 23.3. The molecule has 1 aromatic heterocycles. The second kappa shape index (κ2) is 10.4. The van der Waals surface area contributed by atoms with Crippen LogP contribution in [0.4, 0.5) is 4.39 Å². The summed E-state index contributed by atoms with van der Waals surface area (Å²) in [6, 6.07) is 12.8. The molecule has 2 aromatic carbocycles. The van der Waals surface area contributed by atoms with E-state index in [1.165, 1.54) is 47.1 Å². The van der Waals surface area contributed by atoms with Crippen LogP contribution in [-0.2, 0) is 9.59 Å². The van der Waals surface area contributed by atoms with Gasteiger partial charge in [0.25, 0.3) is 5.56 Å². The van der Waals surface area contributed by atoms with E-state index in [4.69, 9.17) is 0 Å². The maximum absolute atomic E-state index is 13.4. The van der Waals surface area contributed by atoms with Crippen LogP contribution in [0.25, 0.3) is 16.6 Å². The van der Waals surface area contributed by atoms with Crippen molar-refractivity contribution < 1.29 is 14.0 Å². The summed E-state index contributed by atoms with van der Waals surface area (Å²) in [6.45, 7) is 3.75. The highest BCUT2D eigenvalue weighted by Gasteiger charge is 2.22. The van der Waals surface area contributed by atoms with Gasteiger partial charge in [0.1, 0.15) is 5.82 Å². The van der Waals surface area contributed by atoms with Crippen molar-refractivity contribution in [2.24, 2.45) is 0 Å². The second-order valence-corrected chi connectivity index (χ2v) is 9.82. The molecule has 0 unspecified atom stereocenters. The van der Waals surface area contributed by atoms with E-state index >= 15 is 0 Å². The van der Waals surface area contributed by atoms with Gasteiger partial charge in [-0.15, -0.1) is 11.8 Å². The predicted molar refractivity (Wildman–Crippen MR) is 129 cm³/mol. The predicted octanol–water partition coefficient (Wildman–Crippen LogP) is 3.00. The summed E-state index contributed by atoms with van der Waals surface area (Å²) in [5.74, 6) is -0.0105. The number of aromatic nitrogens is 2. The number of halogens is 1. The molecule has 0 atom stereocenters. The highest BCUT2D eigenvalue weighted by molar-refractivity contribution is 8.16. The van der Waals surface area contributed by atoms with Crippen molar-refractivity contribution in [3.63, 3.8) is 0 Å². The van der Waals surface area contributed by atoms with Crippen molar-refractivity contribution in [1.82, 2.24) is 19.4 Å². The number of benzene rings is 2. The van der Waals surface area contributed by atoms with Crippen molar-refractivity contribution in [1.29, 1.82) is 0 Å². The number of carbonyl (C=O) groups is 2. The third-order valence-electron chi connectivity index (χ3n) is 5.40. The topological polar surface area (TPSA) is 75.5 Å². The van der Waals surface area contributed by atoms with Crippen LogP contribution < -0.4 is 5.56 Å². The highest BCUT2D eigenvalue weighted by Crippen LogP contribution is 2.25. The van der Waals surface area contributed by atoms with Crippen LogP contribution in [-0.4, -0.2) is 68.2 Å². The summed E-state index contributed by atoms with van der Waals surface area (Å²) in [4.78, 5) is 45.3. The average molecular weight is 487 g/mol. The summed E-state index contributed by atoms with van der Waals surface area (Å²) >= 11 is 2.82. The van der Waals surface area contributed by atoms with Crippen molar-refractivity contribution in [3.05, 3.63) is 64.7 Å². The van der Waals surface area contributed by atoms with Crippen LogP contribution in [0.1, 0.15) is 6.92 Å². The Kier molecular flexibility index (Phi) is 7.34. The third-order valence-corrected chi connectivity index (χ3v) is 7.53. The SMILES string of the molecule is CC(=O)N1CCN(C(=O)CSCSc2nc3ccccc3c(=O)n2-c2ccc(F)cc2)CC1. The molecule has 0 spiro atoms. The van der Waals surface area contributed by atoms with Crippen LogP contribution >= 0.6 is 23.5 Å². The summed E-state index contributed by atoms with van der Waals surface area (Å²) in [6.07, 6.45) is 0. The Morgan fingerprint density at radius 1 is 1.00 bits per heavy atom. The molecule has 2 heterocycles. The molecule has 3 aromatic rings. The molecule has 1 aliphatic heterocycles. The molecule has 33 heavy (non-hydrogen) atoms. The summed E-state index contributed by atoms with van der Waals surface area (Å²) in [5, 5.41) is 1.49. The van der Waals surface area contributed by atoms with E-state index < -0.39 is 0 Å². The standard InChI is InChI=1S/C23H23FN4O3S2/c1-16(29)26-10-12-27(13-11-26)21(30)14-32-15-33-23-25-20-5-3-2-4-19(20)22(31)28(23)18-8-6-17(24)7-9-18/h2-9H,10-15H2,1H3. The Morgan fingerprint density at radius 2 is 1.67 bits per heavy atom. The molecule has 1 fully saturated rings. The van der Waals surface area contributed by atoms with E-state index in [0.29, 0.717) is 58.8 Å². The van der Waals surface area contributed by atoms with Crippen LogP contribution in [0.15, 0.2) is 58.5 Å². The van der Waals surface area contributed by atoms with Gasteiger partial charge in [0.05, 0.1) is 22.3 Å². The van der Waals surface area contributed by atoms with Gasteiger partial charge in [0.15, 0.2) is 5.16 Å². The Labute approximate surface area is 199 Å². The Balaban J connectivity index is 1.44. The summed E-state index contributed by atoms with van der Waals surface area (Å²) < 4.78 is 14.9. The fourth-order valence-electron chi connectivity index (χ4n) is 3.61. The van der Waals surface area contributed by atoms with Crippen molar-refractivity contribution >= 4 is 46.2 Å². The number of para-hydroxylation sites is 1. The van der Waals surface area contributed by atoms with Gasteiger partial charge in [-0.1, -0.05) is 23.9 Å². The zero-order valence-corrected chi connectivity index (χ0v) is 19.7. The minimum Gasteiger partial charge on any atom is -0.339 e. The molecule has 7 nitrogen and oxygen atoms in total. The van der Waals surface area contributed by atoms with Gasteiger partial charge in [-0.25, -0.2) is 9.37 Å². The molecule has 0 saturated carbocycles. The van der Waals surface area contributed by atoms with Crippen LogP contribution in [0.3, 0.4) is 0 Å². The normalized spacial score (nSPS) is 14.0. The van der Waals surface area contributed by atoms with E-state index in [-0.39, 0.29) is 23.2 Å². The lowest BCUT2D eigenvalue weighted by molar-refractivity contribution is -0.136. The van der Waals surface area contributed by atoms with E-state index in [9.17, 15) is 18.8 Å². The molecule has 0 radical (unpaired) electrons. The van der Waals surface area contributed by atoms with Crippen LogP contribution in [0, 0.1) is 5.82 Å². The van der Waals surface area contributed by atoms with Crippen molar-refractivity contribution in [2.75, 3.05) is 37.0 Å². The van der Waals surface area contributed by atoms with E-state index in [1.54, 1.807) is 40.1 Å². The number of hydrogen-bond donors (Lipinski definition) is 0. The van der Waals surface area contributed by atoms with Gasteiger partial charge in [-0.2, -0.15) is 0 Å². The largest absolute Gasteiger partial charge is 0.339 e. The lowest BCUT2D eigenvalue weighted by Gasteiger charge is -2.34. The minimum atomic E-state index is -0.382. The summed E-state index contributed by atoms with van der Waals surface area (Å²) in [7, 11) is 0. The van der Waals surface area contributed by atoms with Gasteiger partial charge in [0.2, 0.25) is 11.8 Å². The quantitative estimate of drug-likeness (QED) is 0.231. The molecular weight excluding hydrogens is 463 g/mol. The average Bonchev–Trinajstić information content (AvgIpc) is 2.83. The number of fused-ring (bicyclic) bond motifs is 1. The molecule has 172 valence electrons. The number of hydrogen-bond acceptors (Lipinski definition) is 6. The molecule has 4 rings (SSSR count). The zero-order valence-electron chi connectivity index (χ0n) is 18.1. The maximum atomic E-state index is 13.4. The van der Waals surface area contributed by atoms with Gasteiger partial charge < -0.3 is 9.80 Å². The van der Waals surface area contributed by atoms with E-state index in [1.807, 2.05) is 6.07 Å². The lowest BCUT2D eigenvalue weighted by atomic mass is 10.2. The number of nitrogens with zero attached hydrogens (tertiary/aromatic N) is 4. The van der Waals surface area contributed by atoms with Gasteiger partial charge in [-0.3, -0.25) is 19.0 Å². The molecular formula is C23H23FN4O3S2. The first-order chi connectivity index (χ1) is 15.9. The fourth-order valence-corrected chi connectivity index (χ4v) is 5.54. The molecule has 2 amide bonds. The Hall–Kier alpha value is -2.85. The van der Waals surface area contributed by atoms with E-state index in [0.717, 1.165) is 0 Å².